The number of benzene rings is 1. The van der Waals surface area contributed by atoms with E-state index in [1.165, 1.54) is 5.56 Å². The molecule has 1 fully saturated rings. The minimum Gasteiger partial charge on any atom is -0.319 e. The molecule has 20 heavy (non-hydrogen) atoms. The number of hydrogen-bond acceptors (Lipinski definition) is 4. The van der Waals surface area contributed by atoms with Crippen molar-refractivity contribution in [3.05, 3.63) is 29.3 Å². The maximum Gasteiger partial charge on any atom is 0.325 e. The van der Waals surface area contributed by atoms with Gasteiger partial charge in [-0.05, 0) is 17.5 Å². The summed E-state index contributed by atoms with van der Waals surface area (Å²) in [5.74, 6) is 0.240. The van der Waals surface area contributed by atoms with Gasteiger partial charge in [0.25, 0.3) is 0 Å². The van der Waals surface area contributed by atoms with Gasteiger partial charge in [0.05, 0.1) is 5.69 Å². The average molecular weight is 274 g/mol. The van der Waals surface area contributed by atoms with Crippen LogP contribution in [0.1, 0.15) is 43.5 Å². The van der Waals surface area contributed by atoms with Gasteiger partial charge < -0.3 is 10.3 Å². The van der Waals surface area contributed by atoms with Crippen LogP contribution in [0, 0.1) is 0 Å². The van der Waals surface area contributed by atoms with Gasteiger partial charge >= 0.3 is 6.03 Å². The summed E-state index contributed by atoms with van der Waals surface area (Å²) in [4.78, 5) is 24.7. The number of amides is 3. The highest BCUT2D eigenvalue weighted by Crippen LogP contribution is 2.33. The Morgan fingerprint density at radius 3 is 2.80 bits per heavy atom. The number of carbonyl (C=O) groups is 2. The summed E-state index contributed by atoms with van der Waals surface area (Å²) in [6.07, 6.45) is 0.0999. The minimum absolute atomic E-state index is 0.215. The normalized spacial score (nSPS) is 21.8. The van der Waals surface area contributed by atoms with Crippen molar-refractivity contribution in [1.29, 1.82) is 0 Å². The molecule has 3 amide bonds. The molecule has 1 aromatic rings. The van der Waals surface area contributed by atoms with Crippen LogP contribution < -0.4 is 16.2 Å². The third kappa shape index (κ3) is 2.12. The average Bonchev–Trinajstić information content (AvgIpc) is 2.81. The zero-order valence-corrected chi connectivity index (χ0v) is 11.6. The fraction of sp³-hybridized carbons (Fsp3) is 0.429. The number of nitrogens with one attached hydrogen (secondary N) is 3. The second-order valence-corrected chi connectivity index (χ2v) is 5.47. The van der Waals surface area contributed by atoms with Gasteiger partial charge in [0.15, 0.2) is 0 Å². The molecule has 0 aromatic heterocycles. The molecule has 106 valence electrons. The van der Waals surface area contributed by atoms with Crippen molar-refractivity contribution in [2.75, 3.05) is 12.0 Å². The molecule has 0 spiro atoms. The van der Waals surface area contributed by atoms with Gasteiger partial charge in [-0.25, -0.2) is 10.2 Å². The molecule has 2 aliphatic rings. The van der Waals surface area contributed by atoms with Crippen LogP contribution >= 0.6 is 0 Å². The third-order valence-electron chi connectivity index (χ3n) is 3.78. The Balaban J connectivity index is 1.86. The summed E-state index contributed by atoms with van der Waals surface area (Å²) in [6, 6.07) is 5.87. The molecule has 6 heteroatoms. The lowest BCUT2D eigenvalue weighted by atomic mass is 9.99. The number of nitrogens with zero attached hydrogens (tertiary/aromatic N) is 1. The second-order valence-electron chi connectivity index (χ2n) is 5.47. The summed E-state index contributed by atoms with van der Waals surface area (Å²) < 4.78 is 0. The predicted molar refractivity (Wildman–Crippen MR) is 74.9 cm³/mol. The molecule has 3 N–H and O–H groups in total. The number of imide groups is 1. The first-order valence-electron chi connectivity index (χ1n) is 6.82. The molecule has 0 radical (unpaired) electrons. The number of anilines is 1. The van der Waals surface area contributed by atoms with Crippen molar-refractivity contribution >= 4 is 17.6 Å². The predicted octanol–water partition coefficient (Wildman–Crippen LogP) is 1.68. The zero-order chi connectivity index (χ0) is 14.3. The number of hydrogen-bond donors (Lipinski definition) is 3. The van der Waals surface area contributed by atoms with E-state index < -0.39 is 0 Å². The summed E-state index contributed by atoms with van der Waals surface area (Å²) in [5.41, 5.74) is 9.49. The summed E-state index contributed by atoms with van der Waals surface area (Å²) in [6.45, 7) is 4.71. The zero-order valence-electron chi connectivity index (χ0n) is 11.6. The van der Waals surface area contributed by atoms with Crippen LogP contribution in [0.15, 0.2) is 18.2 Å². The van der Waals surface area contributed by atoms with E-state index >= 15 is 0 Å². The van der Waals surface area contributed by atoms with Gasteiger partial charge in [-0.2, -0.15) is 0 Å². The monoisotopic (exact) mass is 274 g/mol. The van der Waals surface area contributed by atoms with Gasteiger partial charge in [0.2, 0.25) is 5.91 Å². The highest BCUT2D eigenvalue weighted by atomic mass is 16.2. The lowest BCUT2D eigenvalue weighted by Gasteiger charge is -2.31. The highest BCUT2D eigenvalue weighted by Gasteiger charge is 2.34. The van der Waals surface area contributed by atoms with E-state index in [1.54, 1.807) is 4.90 Å². The Morgan fingerprint density at radius 2 is 2.10 bits per heavy atom. The Kier molecular flexibility index (Phi) is 3.10. The molecule has 3 rings (SSSR count). The number of hydrazine groups is 1. The van der Waals surface area contributed by atoms with Crippen molar-refractivity contribution in [3.63, 3.8) is 0 Å². The van der Waals surface area contributed by atoms with Gasteiger partial charge in [0.1, 0.15) is 6.17 Å². The fourth-order valence-electron chi connectivity index (χ4n) is 2.57. The maximum absolute atomic E-state index is 11.9. The number of carbonyl (C=O) groups excluding carboxylic acids is 2. The molecule has 1 unspecified atom stereocenters. The van der Waals surface area contributed by atoms with Gasteiger partial charge in [-0.3, -0.25) is 10.1 Å². The summed E-state index contributed by atoms with van der Waals surface area (Å²) in [7, 11) is 0. The van der Waals surface area contributed by atoms with Crippen molar-refractivity contribution in [3.8, 4) is 0 Å². The van der Waals surface area contributed by atoms with Crippen LogP contribution in [0.5, 0.6) is 0 Å². The molecular formula is C14H18N4O2. The first-order chi connectivity index (χ1) is 9.56. The van der Waals surface area contributed by atoms with Crippen molar-refractivity contribution in [2.45, 2.75) is 32.4 Å². The SMILES string of the molecule is CC(C)c1ccc2c(c1)NNC2N1CCC(=O)NC1=O. The Hall–Kier alpha value is -2.08. The smallest absolute Gasteiger partial charge is 0.319 e. The van der Waals surface area contributed by atoms with E-state index in [9.17, 15) is 9.59 Å². The quantitative estimate of drug-likeness (QED) is 0.767. The van der Waals surface area contributed by atoms with E-state index in [0.29, 0.717) is 18.9 Å². The van der Waals surface area contributed by atoms with Gasteiger partial charge in [0, 0.05) is 18.5 Å². The first kappa shape index (κ1) is 12.9. The molecule has 1 atom stereocenters. The molecule has 2 aliphatic heterocycles. The van der Waals surface area contributed by atoms with Crippen molar-refractivity contribution in [2.24, 2.45) is 0 Å². The Morgan fingerprint density at radius 1 is 1.30 bits per heavy atom. The molecule has 0 saturated carbocycles. The molecule has 6 nitrogen and oxygen atoms in total. The highest BCUT2D eigenvalue weighted by molar-refractivity contribution is 5.96. The summed E-state index contributed by atoms with van der Waals surface area (Å²) >= 11 is 0. The van der Waals surface area contributed by atoms with Crippen LogP contribution in [-0.2, 0) is 4.79 Å². The molecule has 1 saturated heterocycles. The first-order valence-corrected chi connectivity index (χ1v) is 6.82. The molecule has 1 aromatic carbocycles. The molecule has 0 bridgehead atoms. The van der Waals surface area contributed by atoms with E-state index in [0.717, 1.165) is 11.3 Å². The van der Waals surface area contributed by atoms with Crippen molar-refractivity contribution in [1.82, 2.24) is 15.6 Å². The van der Waals surface area contributed by atoms with E-state index in [4.69, 9.17) is 0 Å². The van der Waals surface area contributed by atoms with Gasteiger partial charge in [-0.1, -0.05) is 26.0 Å². The van der Waals surface area contributed by atoms with Crippen LogP contribution in [0.2, 0.25) is 0 Å². The second kappa shape index (κ2) is 4.79. The maximum atomic E-state index is 11.9. The van der Waals surface area contributed by atoms with E-state index in [1.807, 2.05) is 6.07 Å². The summed E-state index contributed by atoms with van der Waals surface area (Å²) in [5, 5.41) is 2.35. The molecule has 2 heterocycles. The van der Waals surface area contributed by atoms with Gasteiger partial charge in [-0.15, -0.1) is 0 Å². The topological polar surface area (TPSA) is 73.5 Å². The van der Waals surface area contributed by atoms with Crippen LogP contribution in [0.25, 0.3) is 0 Å². The number of urea groups is 1. The number of fused-ring (bicyclic) bond motifs is 1. The lowest BCUT2D eigenvalue weighted by molar-refractivity contribution is -0.121. The van der Waals surface area contributed by atoms with Crippen LogP contribution in [0.3, 0.4) is 0 Å². The minimum atomic E-state index is -0.346. The van der Waals surface area contributed by atoms with E-state index in [2.05, 4.69) is 42.1 Å². The van der Waals surface area contributed by atoms with Crippen LogP contribution in [0.4, 0.5) is 10.5 Å². The third-order valence-corrected chi connectivity index (χ3v) is 3.78. The van der Waals surface area contributed by atoms with Crippen LogP contribution in [-0.4, -0.2) is 23.4 Å². The van der Waals surface area contributed by atoms with Crippen molar-refractivity contribution < 1.29 is 9.59 Å². The molecule has 0 aliphatic carbocycles. The number of rotatable bonds is 2. The van der Waals surface area contributed by atoms with E-state index in [-0.39, 0.29) is 18.1 Å². The fourth-order valence-corrected chi connectivity index (χ4v) is 2.57. The molecular weight excluding hydrogens is 256 g/mol. The standard InChI is InChI=1S/C14H18N4O2/c1-8(2)9-3-4-10-11(7-9)16-17-13(10)18-6-5-12(19)15-14(18)20/h3-4,7-8,13,16-17H,5-6H2,1-2H3,(H,15,19,20). The lowest BCUT2D eigenvalue weighted by Crippen LogP contribution is -2.53. The Bertz CT molecular complexity index is 570. The Labute approximate surface area is 117 Å². The largest absolute Gasteiger partial charge is 0.325 e.